The Morgan fingerprint density at radius 2 is 2.25 bits per heavy atom. The normalized spacial score (nSPS) is 15.2. The topological polar surface area (TPSA) is 78.8 Å². The van der Waals surface area contributed by atoms with Gasteiger partial charge in [0.15, 0.2) is 0 Å². The summed E-state index contributed by atoms with van der Waals surface area (Å²) in [7, 11) is 0. The fourth-order valence-corrected chi connectivity index (χ4v) is 0.789. The summed E-state index contributed by atoms with van der Waals surface area (Å²) in [5, 5.41) is 17.2. The summed E-state index contributed by atoms with van der Waals surface area (Å²) in [6.45, 7) is 0. The zero-order valence-electron chi connectivity index (χ0n) is 6.10. The monoisotopic (exact) mass is 162 g/mol. The van der Waals surface area contributed by atoms with Gasteiger partial charge in [-0.1, -0.05) is 6.08 Å². The lowest BCUT2D eigenvalue weighted by Crippen LogP contribution is -2.04. The van der Waals surface area contributed by atoms with Crippen LogP contribution in [0.5, 0.6) is 0 Å². The van der Waals surface area contributed by atoms with E-state index in [1.807, 2.05) is 12.2 Å². The van der Waals surface area contributed by atoms with Crippen LogP contribution in [0.1, 0.15) is 5.82 Å². The van der Waals surface area contributed by atoms with Crippen LogP contribution in [0.3, 0.4) is 0 Å². The van der Waals surface area contributed by atoms with Crippen LogP contribution in [0.4, 0.5) is 0 Å². The molecule has 1 aromatic heterocycles. The molecule has 1 aliphatic rings. The van der Waals surface area contributed by atoms with E-state index in [4.69, 9.17) is 0 Å². The molecule has 6 nitrogen and oxygen atoms in total. The third kappa shape index (κ3) is 1.22. The van der Waals surface area contributed by atoms with Gasteiger partial charge >= 0.3 is 0 Å². The van der Waals surface area contributed by atoms with Gasteiger partial charge in [0, 0.05) is 6.21 Å². The molecular weight excluding hydrogens is 156 g/mol. The van der Waals surface area contributed by atoms with Crippen LogP contribution in [0, 0.1) is 0 Å². The SMILES string of the molecule is C1=CC=C(c2nn[nH]n2)NN=C1. The second-order valence-electron chi connectivity index (χ2n) is 2.09. The molecule has 12 heavy (non-hydrogen) atoms. The second-order valence-corrected chi connectivity index (χ2v) is 2.09. The Labute approximate surface area is 68.1 Å². The summed E-state index contributed by atoms with van der Waals surface area (Å²) >= 11 is 0. The molecule has 0 unspecified atom stereocenters. The lowest BCUT2D eigenvalue weighted by molar-refractivity contribution is 0.881. The van der Waals surface area contributed by atoms with Gasteiger partial charge in [-0.25, -0.2) is 0 Å². The summed E-state index contributed by atoms with van der Waals surface area (Å²) in [5.41, 5.74) is 3.48. The Morgan fingerprint density at radius 3 is 3.08 bits per heavy atom. The lowest BCUT2D eigenvalue weighted by atomic mass is 10.3. The van der Waals surface area contributed by atoms with E-state index in [-0.39, 0.29) is 0 Å². The van der Waals surface area contributed by atoms with Crippen molar-refractivity contribution in [2.75, 3.05) is 0 Å². The Hall–Kier alpha value is -1.98. The number of tetrazole rings is 1. The number of rotatable bonds is 1. The largest absolute Gasteiger partial charge is 0.275 e. The van der Waals surface area contributed by atoms with E-state index in [1.165, 1.54) is 0 Å². The minimum atomic E-state index is 0.499. The highest BCUT2D eigenvalue weighted by Gasteiger charge is 2.04. The third-order valence-corrected chi connectivity index (χ3v) is 1.31. The molecule has 1 aromatic rings. The molecule has 0 saturated carbocycles. The van der Waals surface area contributed by atoms with E-state index in [2.05, 4.69) is 31.2 Å². The van der Waals surface area contributed by atoms with E-state index in [0.717, 1.165) is 0 Å². The van der Waals surface area contributed by atoms with Crippen molar-refractivity contribution in [1.29, 1.82) is 0 Å². The Balaban J connectivity index is 2.30. The van der Waals surface area contributed by atoms with Crippen LogP contribution in [0.25, 0.3) is 5.70 Å². The Bertz CT molecular complexity index is 333. The molecule has 2 heterocycles. The van der Waals surface area contributed by atoms with Crippen molar-refractivity contribution in [2.45, 2.75) is 0 Å². The molecule has 0 bridgehead atoms. The molecule has 0 atom stereocenters. The quantitative estimate of drug-likeness (QED) is 0.593. The van der Waals surface area contributed by atoms with Crippen molar-refractivity contribution < 1.29 is 0 Å². The van der Waals surface area contributed by atoms with E-state index in [0.29, 0.717) is 11.5 Å². The van der Waals surface area contributed by atoms with Gasteiger partial charge in [-0.2, -0.15) is 10.3 Å². The maximum absolute atomic E-state index is 3.86. The van der Waals surface area contributed by atoms with E-state index >= 15 is 0 Å². The fourth-order valence-electron chi connectivity index (χ4n) is 0.789. The molecule has 0 saturated heterocycles. The third-order valence-electron chi connectivity index (χ3n) is 1.31. The van der Waals surface area contributed by atoms with Crippen molar-refractivity contribution in [3.05, 3.63) is 24.1 Å². The number of aromatic nitrogens is 4. The number of hydrogen-bond acceptors (Lipinski definition) is 5. The number of hydrogen-bond donors (Lipinski definition) is 2. The maximum Gasteiger partial charge on any atom is 0.222 e. The molecule has 60 valence electrons. The minimum Gasteiger partial charge on any atom is -0.275 e. The average molecular weight is 162 g/mol. The molecule has 0 aromatic carbocycles. The summed E-state index contributed by atoms with van der Waals surface area (Å²) in [6.07, 6.45) is 7.11. The van der Waals surface area contributed by atoms with Gasteiger partial charge in [-0.05, 0) is 17.4 Å². The first kappa shape index (κ1) is 6.71. The summed E-state index contributed by atoms with van der Waals surface area (Å²) in [4.78, 5) is 0. The van der Waals surface area contributed by atoms with Crippen molar-refractivity contribution in [3.8, 4) is 0 Å². The number of aromatic amines is 1. The fraction of sp³-hybridized carbons (Fsp3) is 0. The molecule has 0 spiro atoms. The van der Waals surface area contributed by atoms with Crippen LogP contribution in [-0.2, 0) is 0 Å². The average Bonchev–Trinajstić information content (AvgIpc) is 2.48. The lowest BCUT2D eigenvalue weighted by Gasteiger charge is -1.96. The van der Waals surface area contributed by atoms with Gasteiger partial charge < -0.3 is 0 Å². The van der Waals surface area contributed by atoms with Crippen molar-refractivity contribution in [1.82, 2.24) is 26.0 Å². The molecule has 2 N–H and O–H groups in total. The van der Waals surface area contributed by atoms with Crippen LogP contribution in [0.15, 0.2) is 23.3 Å². The molecule has 0 radical (unpaired) electrons. The van der Waals surface area contributed by atoms with Gasteiger partial charge in [0.25, 0.3) is 0 Å². The minimum absolute atomic E-state index is 0.499. The van der Waals surface area contributed by atoms with Gasteiger partial charge in [-0.3, -0.25) is 5.43 Å². The summed E-state index contributed by atoms with van der Waals surface area (Å²) in [5.74, 6) is 0.499. The zero-order valence-corrected chi connectivity index (χ0v) is 6.10. The zero-order chi connectivity index (χ0) is 8.23. The van der Waals surface area contributed by atoms with Gasteiger partial charge in [-0.15, -0.1) is 10.2 Å². The van der Waals surface area contributed by atoms with Crippen LogP contribution < -0.4 is 5.43 Å². The number of nitrogens with zero attached hydrogens (tertiary/aromatic N) is 4. The summed E-state index contributed by atoms with van der Waals surface area (Å²) in [6, 6.07) is 0. The second kappa shape index (κ2) is 2.95. The van der Waals surface area contributed by atoms with Gasteiger partial charge in [0.1, 0.15) is 5.70 Å². The maximum atomic E-state index is 3.86. The van der Waals surface area contributed by atoms with Crippen LogP contribution >= 0.6 is 0 Å². The predicted molar refractivity (Wildman–Crippen MR) is 42.9 cm³/mol. The first-order valence-electron chi connectivity index (χ1n) is 3.36. The predicted octanol–water partition coefficient (Wildman–Crippen LogP) is -0.314. The number of nitrogens with one attached hydrogen (secondary N) is 2. The first-order chi connectivity index (χ1) is 5.97. The van der Waals surface area contributed by atoms with E-state index in [1.54, 1.807) is 12.3 Å². The molecule has 0 fully saturated rings. The number of H-pyrrole nitrogens is 1. The summed E-state index contributed by atoms with van der Waals surface area (Å²) < 4.78 is 0. The van der Waals surface area contributed by atoms with Gasteiger partial charge in [0.2, 0.25) is 5.82 Å². The van der Waals surface area contributed by atoms with Crippen molar-refractivity contribution >= 4 is 11.9 Å². The smallest absolute Gasteiger partial charge is 0.222 e. The number of hydrazone groups is 1. The van der Waals surface area contributed by atoms with Crippen LogP contribution in [0.2, 0.25) is 0 Å². The highest BCUT2D eigenvalue weighted by molar-refractivity contribution is 5.75. The highest BCUT2D eigenvalue weighted by atomic mass is 15.5. The van der Waals surface area contributed by atoms with E-state index in [9.17, 15) is 0 Å². The van der Waals surface area contributed by atoms with Crippen LogP contribution in [-0.4, -0.2) is 26.8 Å². The first-order valence-corrected chi connectivity index (χ1v) is 3.36. The molecule has 1 aliphatic heterocycles. The van der Waals surface area contributed by atoms with Gasteiger partial charge in [0.05, 0.1) is 0 Å². The molecule has 2 rings (SSSR count). The molecular formula is C6H6N6. The molecule has 6 heteroatoms. The Kier molecular flexibility index (Phi) is 1.65. The van der Waals surface area contributed by atoms with E-state index < -0.39 is 0 Å². The van der Waals surface area contributed by atoms with Crippen molar-refractivity contribution in [2.24, 2.45) is 5.10 Å². The highest BCUT2D eigenvalue weighted by Crippen LogP contribution is 2.03. The molecule has 0 amide bonds. The standard InChI is InChI=1S/C6H6N6/c1-2-4-7-8-5(3-1)6-9-11-12-10-6/h1-4,8H,(H,9,10,11,12). The van der Waals surface area contributed by atoms with Crippen molar-refractivity contribution in [3.63, 3.8) is 0 Å². The number of allylic oxidation sites excluding steroid dienone is 3. The Morgan fingerprint density at radius 1 is 1.25 bits per heavy atom. The molecule has 0 aliphatic carbocycles.